The minimum Gasteiger partial charge on any atom is -0.382 e. The Morgan fingerprint density at radius 3 is 2.83 bits per heavy atom. The SMILES string of the molecule is Cc1ccccc1N1CCC(C(C)Nc2ccc3c(c2)ncn3CCN(C)C)C1. The summed E-state index contributed by atoms with van der Waals surface area (Å²) in [4.78, 5) is 9.35. The van der Waals surface area contributed by atoms with Crippen LogP contribution < -0.4 is 10.2 Å². The van der Waals surface area contributed by atoms with Crippen molar-refractivity contribution in [3.8, 4) is 0 Å². The van der Waals surface area contributed by atoms with Crippen LogP contribution in [0.1, 0.15) is 18.9 Å². The lowest BCUT2D eigenvalue weighted by molar-refractivity contribution is 0.386. The number of hydrogen-bond acceptors (Lipinski definition) is 4. The molecule has 1 saturated heterocycles. The highest BCUT2D eigenvalue weighted by Gasteiger charge is 2.27. The van der Waals surface area contributed by atoms with Crippen molar-refractivity contribution in [2.45, 2.75) is 32.9 Å². The zero-order chi connectivity index (χ0) is 20.4. The number of rotatable bonds is 7. The maximum Gasteiger partial charge on any atom is 0.0958 e. The molecule has 1 aliphatic rings. The fourth-order valence-corrected chi connectivity index (χ4v) is 4.35. The van der Waals surface area contributed by atoms with Crippen LogP contribution in [0.4, 0.5) is 11.4 Å². The van der Waals surface area contributed by atoms with E-state index in [-0.39, 0.29) is 0 Å². The monoisotopic (exact) mass is 391 g/mol. The molecule has 5 heteroatoms. The fraction of sp³-hybridized carbons (Fsp3) is 0.458. The number of aryl methyl sites for hydroxylation is 1. The van der Waals surface area contributed by atoms with E-state index in [1.54, 1.807) is 0 Å². The number of para-hydroxylation sites is 1. The van der Waals surface area contributed by atoms with Crippen LogP contribution in [0.25, 0.3) is 11.0 Å². The molecule has 29 heavy (non-hydrogen) atoms. The van der Waals surface area contributed by atoms with Crippen LogP contribution in [0.15, 0.2) is 48.8 Å². The van der Waals surface area contributed by atoms with E-state index in [1.165, 1.54) is 23.2 Å². The van der Waals surface area contributed by atoms with Gasteiger partial charge in [-0.15, -0.1) is 0 Å². The minimum absolute atomic E-state index is 0.428. The predicted molar refractivity (Wildman–Crippen MR) is 123 cm³/mol. The molecule has 2 unspecified atom stereocenters. The van der Waals surface area contributed by atoms with Crippen molar-refractivity contribution < 1.29 is 0 Å². The Balaban J connectivity index is 1.40. The standard InChI is InChI=1S/C24H33N5/c1-18-7-5-6-8-23(18)28-12-11-20(16-28)19(2)26-21-9-10-24-22(15-21)25-17-29(24)14-13-27(3)4/h5-10,15,17,19-20,26H,11-14,16H2,1-4H3. The average Bonchev–Trinajstić information content (AvgIpc) is 3.34. The van der Waals surface area contributed by atoms with Gasteiger partial charge in [0.25, 0.3) is 0 Å². The third-order valence-electron chi connectivity index (χ3n) is 6.19. The van der Waals surface area contributed by atoms with Crippen molar-refractivity contribution in [2.24, 2.45) is 5.92 Å². The van der Waals surface area contributed by atoms with Gasteiger partial charge in [-0.1, -0.05) is 18.2 Å². The molecule has 1 aliphatic heterocycles. The fourth-order valence-electron chi connectivity index (χ4n) is 4.35. The molecular weight excluding hydrogens is 358 g/mol. The van der Waals surface area contributed by atoms with Crippen molar-refractivity contribution in [1.82, 2.24) is 14.5 Å². The van der Waals surface area contributed by atoms with Crippen molar-refractivity contribution in [2.75, 3.05) is 43.9 Å². The highest BCUT2D eigenvalue weighted by Crippen LogP contribution is 2.29. The third-order valence-corrected chi connectivity index (χ3v) is 6.19. The second-order valence-electron chi connectivity index (χ2n) is 8.66. The van der Waals surface area contributed by atoms with Gasteiger partial charge in [0.15, 0.2) is 0 Å². The Kier molecular flexibility index (Phi) is 5.76. The Morgan fingerprint density at radius 1 is 1.21 bits per heavy atom. The van der Waals surface area contributed by atoms with E-state index in [2.05, 4.69) is 95.1 Å². The first-order valence-electron chi connectivity index (χ1n) is 10.7. The molecular formula is C24H33N5. The molecule has 1 fully saturated rings. The maximum absolute atomic E-state index is 4.62. The zero-order valence-electron chi connectivity index (χ0n) is 18.1. The number of likely N-dealkylation sites (N-methyl/N-ethyl adjacent to an activating group) is 1. The van der Waals surface area contributed by atoms with Gasteiger partial charge in [0, 0.05) is 43.6 Å². The largest absolute Gasteiger partial charge is 0.382 e. The van der Waals surface area contributed by atoms with Crippen LogP contribution in [0.5, 0.6) is 0 Å². The summed E-state index contributed by atoms with van der Waals surface area (Å²) in [7, 11) is 4.21. The average molecular weight is 392 g/mol. The lowest BCUT2D eigenvalue weighted by Gasteiger charge is -2.24. The predicted octanol–water partition coefficient (Wildman–Crippen LogP) is 4.23. The van der Waals surface area contributed by atoms with Gasteiger partial charge in [-0.3, -0.25) is 0 Å². The van der Waals surface area contributed by atoms with Gasteiger partial charge in [-0.05, 0) is 70.1 Å². The molecule has 0 amide bonds. The van der Waals surface area contributed by atoms with Crippen molar-refractivity contribution >= 4 is 22.4 Å². The topological polar surface area (TPSA) is 36.3 Å². The van der Waals surface area contributed by atoms with Crippen LogP contribution in [-0.4, -0.2) is 54.2 Å². The highest BCUT2D eigenvalue weighted by molar-refractivity contribution is 5.79. The third kappa shape index (κ3) is 4.40. The summed E-state index contributed by atoms with van der Waals surface area (Å²) in [5.41, 5.74) is 6.18. The second-order valence-corrected chi connectivity index (χ2v) is 8.66. The highest BCUT2D eigenvalue weighted by atomic mass is 15.2. The van der Waals surface area contributed by atoms with Gasteiger partial charge < -0.3 is 19.7 Å². The number of benzene rings is 2. The Hall–Kier alpha value is -2.53. The molecule has 2 atom stereocenters. The summed E-state index contributed by atoms with van der Waals surface area (Å²) in [5.74, 6) is 0.642. The molecule has 5 nitrogen and oxygen atoms in total. The van der Waals surface area contributed by atoms with E-state index < -0.39 is 0 Å². The Bertz CT molecular complexity index is 961. The van der Waals surface area contributed by atoms with E-state index in [0.29, 0.717) is 12.0 Å². The van der Waals surface area contributed by atoms with Gasteiger partial charge >= 0.3 is 0 Å². The smallest absolute Gasteiger partial charge is 0.0958 e. The summed E-state index contributed by atoms with van der Waals surface area (Å²) in [6.45, 7) is 8.74. The van der Waals surface area contributed by atoms with E-state index in [4.69, 9.17) is 0 Å². The number of hydrogen-bond donors (Lipinski definition) is 1. The van der Waals surface area contributed by atoms with E-state index in [0.717, 1.165) is 37.4 Å². The van der Waals surface area contributed by atoms with Gasteiger partial charge in [0.2, 0.25) is 0 Å². The lowest BCUT2D eigenvalue weighted by Crippen LogP contribution is -2.29. The molecule has 2 aromatic carbocycles. The van der Waals surface area contributed by atoms with Crippen LogP contribution in [0.3, 0.4) is 0 Å². The minimum atomic E-state index is 0.428. The van der Waals surface area contributed by atoms with E-state index in [1.807, 2.05) is 6.33 Å². The van der Waals surface area contributed by atoms with Gasteiger partial charge in [-0.2, -0.15) is 0 Å². The Morgan fingerprint density at radius 2 is 2.03 bits per heavy atom. The zero-order valence-corrected chi connectivity index (χ0v) is 18.1. The number of fused-ring (bicyclic) bond motifs is 1. The normalized spacial score (nSPS) is 18.0. The Labute approximate surface area is 174 Å². The van der Waals surface area contributed by atoms with Crippen molar-refractivity contribution in [3.63, 3.8) is 0 Å². The second kappa shape index (κ2) is 8.46. The van der Waals surface area contributed by atoms with Crippen LogP contribution in [0.2, 0.25) is 0 Å². The van der Waals surface area contributed by atoms with Gasteiger partial charge in [0.1, 0.15) is 0 Å². The number of nitrogens with zero attached hydrogens (tertiary/aromatic N) is 4. The molecule has 0 radical (unpaired) electrons. The van der Waals surface area contributed by atoms with Crippen LogP contribution in [-0.2, 0) is 6.54 Å². The molecule has 4 rings (SSSR count). The molecule has 2 heterocycles. The van der Waals surface area contributed by atoms with Gasteiger partial charge in [0.05, 0.1) is 17.4 Å². The summed E-state index contributed by atoms with van der Waals surface area (Å²) in [6.07, 6.45) is 3.18. The summed E-state index contributed by atoms with van der Waals surface area (Å²) < 4.78 is 2.24. The number of imidazole rings is 1. The van der Waals surface area contributed by atoms with E-state index in [9.17, 15) is 0 Å². The molecule has 0 spiro atoms. The lowest BCUT2D eigenvalue weighted by atomic mass is 10.00. The van der Waals surface area contributed by atoms with Crippen molar-refractivity contribution in [3.05, 3.63) is 54.4 Å². The molecule has 154 valence electrons. The maximum atomic E-state index is 4.62. The molecule has 0 bridgehead atoms. The summed E-state index contributed by atoms with van der Waals surface area (Å²) in [5, 5.41) is 3.74. The number of aromatic nitrogens is 2. The van der Waals surface area contributed by atoms with Crippen molar-refractivity contribution in [1.29, 1.82) is 0 Å². The van der Waals surface area contributed by atoms with Crippen LogP contribution >= 0.6 is 0 Å². The number of anilines is 2. The first-order chi connectivity index (χ1) is 14.0. The first-order valence-corrected chi connectivity index (χ1v) is 10.7. The summed E-state index contributed by atoms with van der Waals surface area (Å²) in [6, 6.07) is 15.7. The first kappa shape index (κ1) is 19.8. The molecule has 3 aromatic rings. The molecule has 1 aromatic heterocycles. The molecule has 0 aliphatic carbocycles. The molecule has 0 saturated carbocycles. The molecule has 1 N–H and O–H groups in total. The van der Waals surface area contributed by atoms with E-state index >= 15 is 0 Å². The quantitative estimate of drug-likeness (QED) is 0.654. The van der Waals surface area contributed by atoms with Gasteiger partial charge in [-0.25, -0.2) is 4.98 Å². The summed E-state index contributed by atoms with van der Waals surface area (Å²) >= 11 is 0. The van der Waals surface area contributed by atoms with Crippen LogP contribution in [0, 0.1) is 12.8 Å². The number of nitrogens with one attached hydrogen (secondary N) is 1.